The molecule has 2 aromatic rings. The molecule has 1 heterocycles. The number of hydrogen-bond acceptors (Lipinski definition) is 3. The fourth-order valence-corrected chi connectivity index (χ4v) is 2.50. The van der Waals surface area contributed by atoms with Gasteiger partial charge in [0.1, 0.15) is 5.01 Å². The summed E-state index contributed by atoms with van der Waals surface area (Å²) in [5.41, 5.74) is 2.37. The Kier molecular flexibility index (Phi) is 3.07. The van der Waals surface area contributed by atoms with E-state index in [2.05, 4.69) is 50.1 Å². The Bertz CT molecular complexity index is 448. The maximum absolute atomic E-state index is 4.32. The zero-order chi connectivity index (χ0) is 10.8. The molecule has 0 aliphatic heterocycles. The molecule has 0 aliphatic carbocycles. The molecule has 0 spiro atoms. The monoisotopic (exact) mass is 282 g/mol. The molecule has 78 valence electrons. The minimum atomic E-state index is 1.05. The van der Waals surface area contributed by atoms with Gasteiger partial charge in [0.15, 0.2) is 0 Å². The minimum absolute atomic E-state index is 1.05. The van der Waals surface area contributed by atoms with Crippen LogP contribution in [-0.4, -0.2) is 19.1 Å². The predicted octanol–water partition coefficient (Wildman–Crippen LogP) is 3.64. The number of aromatic nitrogens is 1. The van der Waals surface area contributed by atoms with E-state index in [1.807, 2.05) is 20.3 Å². The quantitative estimate of drug-likeness (QED) is 0.836. The van der Waals surface area contributed by atoms with Crippen LogP contribution in [0.2, 0.25) is 0 Å². The van der Waals surface area contributed by atoms with E-state index in [9.17, 15) is 0 Å². The van der Waals surface area contributed by atoms with Crippen molar-refractivity contribution in [1.29, 1.82) is 0 Å². The maximum atomic E-state index is 4.32. The zero-order valence-corrected chi connectivity index (χ0v) is 11.0. The van der Waals surface area contributed by atoms with E-state index in [0.717, 1.165) is 14.4 Å². The van der Waals surface area contributed by atoms with Gasteiger partial charge in [-0.2, -0.15) is 0 Å². The highest BCUT2D eigenvalue weighted by molar-refractivity contribution is 9.11. The first-order valence-electron chi connectivity index (χ1n) is 4.56. The molecule has 2 nitrogen and oxygen atoms in total. The molecule has 4 heteroatoms. The highest BCUT2D eigenvalue weighted by atomic mass is 79.9. The first-order valence-corrected chi connectivity index (χ1v) is 6.17. The van der Waals surface area contributed by atoms with E-state index in [-0.39, 0.29) is 0 Å². The molecule has 0 bridgehead atoms. The van der Waals surface area contributed by atoms with Crippen molar-refractivity contribution in [3.05, 3.63) is 34.2 Å². The lowest BCUT2D eigenvalue weighted by Gasteiger charge is -2.11. The molecular formula is C11H11BrN2S. The van der Waals surface area contributed by atoms with Crippen LogP contribution in [0.3, 0.4) is 0 Å². The van der Waals surface area contributed by atoms with Crippen molar-refractivity contribution in [1.82, 2.24) is 4.98 Å². The average molecular weight is 283 g/mol. The maximum Gasteiger partial charge on any atom is 0.124 e. The number of thiazole rings is 1. The highest BCUT2D eigenvalue weighted by Crippen LogP contribution is 2.29. The minimum Gasteiger partial charge on any atom is -0.378 e. The summed E-state index contributed by atoms with van der Waals surface area (Å²) in [6.07, 6.45) is 1.83. The molecule has 0 aliphatic rings. The third-order valence-corrected chi connectivity index (χ3v) is 3.63. The van der Waals surface area contributed by atoms with Crippen LogP contribution in [0.4, 0.5) is 5.69 Å². The first-order chi connectivity index (χ1) is 7.16. The number of anilines is 1. The molecule has 1 aromatic carbocycles. The van der Waals surface area contributed by atoms with Crippen molar-refractivity contribution >= 4 is 33.0 Å². The number of nitrogens with zero attached hydrogens (tertiary/aromatic N) is 2. The molecule has 0 fully saturated rings. The molecule has 0 saturated carbocycles. The number of rotatable bonds is 2. The third kappa shape index (κ3) is 2.38. The van der Waals surface area contributed by atoms with E-state index >= 15 is 0 Å². The molecule has 1 aromatic heterocycles. The van der Waals surface area contributed by atoms with Crippen molar-refractivity contribution in [3.63, 3.8) is 0 Å². The molecule has 0 saturated heterocycles. The summed E-state index contributed by atoms with van der Waals surface area (Å²) in [6, 6.07) is 8.40. The topological polar surface area (TPSA) is 16.1 Å². The summed E-state index contributed by atoms with van der Waals surface area (Å²) in [5.74, 6) is 0. The second kappa shape index (κ2) is 4.33. The predicted molar refractivity (Wildman–Crippen MR) is 69.6 cm³/mol. The van der Waals surface area contributed by atoms with Gasteiger partial charge in [0.2, 0.25) is 0 Å². The largest absolute Gasteiger partial charge is 0.378 e. The van der Waals surface area contributed by atoms with Crippen LogP contribution in [0, 0.1) is 0 Å². The van der Waals surface area contributed by atoms with E-state index in [1.54, 1.807) is 11.3 Å². The van der Waals surface area contributed by atoms with Crippen LogP contribution >= 0.6 is 27.3 Å². The third-order valence-electron chi connectivity index (χ3n) is 2.11. The Hall–Kier alpha value is -0.870. The molecular weight excluding hydrogens is 272 g/mol. The van der Waals surface area contributed by atoms with Crippen LogP contribution < -0.4 is 4.90 Å². The van der Waals surface area contributed by atoms with Gasteiger partial charge in [-0.3, -0.25) is 0 Å². The van der Waals surface area contributed by atoms with Crippen LogP contribution in [0.1, 0.15) is 0 Å². The summed E-state index contributed by atoms with van der Waals surface area (Å²) in [7, 11) is 4.07. The molecule has 0 unspecified atom stereocenters. The van der Waals surface area contributed by atoms with Gasteiger partial charge in [-0.15, -0.1) is 11.3 Å². The smallest absolute Gasteiger partial charge is 0.124 e. The summed E-state index contributed by atoms with van der Waals surface area (Å²) < 4.78 is 1.06. The Labute approximate surface area is 102 Å². The van der Waals surface area contributed by atoms with Gasteiger partial charge in [-0.1, -0.05) is 0 Å². The molecule has 0 atom stereocenters. The Morgan fingerprint density at radius 2 is 1.87 bits per heavy atom. The Morgan fingerprint density at radius 1 is 1.20 bits per heavy atom. The standard InChI is InChI=1S/C11H11BrN2S/c1-14(2)9-5-3-8(4-6-9)11-13-7-10(12)15-11/h3-7H,1-2H3. The van der Waals surface area contributed by atoms with Gasteiger partial charge < -0.3 is 4.90 Å². The summed E-state index contributed by atoms with van der Waals surface area (Å²) in [6.45, 7) is 0. The van der Waals surface area contributed by atoms with Crippen molar-refractivity contribution < 1.29 is 0 Å². The lowest BCUT2D eigenvalue weighted by molar-refractivity contribution is 1.13. The SMILES string of the molecule is CN(C)c1ccc(-c2ncc(Br)s2)cc1. The number of benzene rings is 1. The molecule has 0 N–H and O–H groups in total. The molecule has 15 heavy (non-hydrogen) atoms. The molecule has 2 rings (SSSR count). The first kappa shape index (κ1) is 10.6. The van der Waals surface area contributed by atoms with Gasteiger partial charge in [0.05, 0.1) is 9.98 Å². The lowest BCUT2D eigenvalue weighted by atomic mass is 10.2. The Balaban J connectivity index is 2.31. The van der Waals surface area contributed by atoms with Crippen molar-refractivity contribution in [2.24, 2.45) is 0 Å². The van der Waals surface area contributed by atoms with Gasteiger partial charge in [-0.05, 0) is 40.2 Å². The molecule has 0 radical (unpaired) electrons. The van der Waals surface area contributed by atoms with E-state index in [1.165, 1.54) is 5.69 Å². The van der Waals surface area contributed by atoms with Gasteiger partial charge in [-0.25, -0.2) is 4.98 Å². The summed E-state index contributed by atoms with van der Waals surface area (Å²) in [4.78, 5) is 6.40. The highest BCUT2D eigenvalue weighted by Gasteiger charge is 2.03. The second-order valence-electron chi connectivity index (χ2n) is 3.41. The average Bonchev–Trinajstić information content (AvgIpc) is 2.65. The molecule has 0 amide bonds. The normalized spacial score (nSPS) is 10.3. The van der Waals surface area contributed by atoms with Crippen molar-refractivity contribution in [3.8, 4) is 10.6 Å². The number of halogens is 1. The number of hydrogen-bond donors (Lipinski definition) is 0. The van der Waals surface area contributed by atoms with Crippen LogP contribution in [0.25, 0.3) is 10.6 Å². The van der Waals surface area contributed by atoms with Crippen LogP contribution in [0.15, 0.2) is 34.2 Å². The van der Waals surface area contributed by atoms with E-state index in [0.29, 0.717) is 0 Å². The van der Waals surface area contributed by atoms with E-state index in [4.69, 9.17) is 0 Å². The Morgan fingerprint density at radius 3 is 2.33 bits per heavy atom. The zero-order valence-electron chi connectivity index (χ0n) is 8.57. The summed E-state index contributed by atoms with van der Waals surface area (Å²) >= 11 is 5.06. The van der Waals surface area contributed by atoms with Crippen LogP contribution in [-0.2, 0) is 0 Å². The van der Waals surface area contributed by atoms with Gasteiger partial charge >= 0.3 is 0 Å². The van der Waals surface area contributed by atoms with Gasteiger partial charge in [0.25, 0.3) is 0 Å². The lowest BCUT2D eigenvalue weighted by Crippen LogP contribution is -2.07. The van der Waals surface area contributed by atoms with E-state index < -0.39 is 0 Å². The fourth-order valence-electron chi connectivity index (χ4n) is 1.29. The van der Waals surface area contributed by atoms with Gasteiger partial charge in [0, 0.05) is 25.3 Å². The second-order valence-corrected chi connectivity index (χ2v) is 5.82. The summed E-state index contributed by atoms with van der Waals surface area (Å²) in [5, 5.41) is 1.05. The van der Waals surface area contributed by atoms with Crippen LogP contribution in [0.5, 0.6) is 0 Å². The fraction of sp³-hybridized carbons (Fsp3) is 0.182. The van der Waals surface area contributed by atoms with Crippen molar-refractivity contribution in [2.45, 2.75) is 0 Å². The van der Waals surface area contributed by atoms with Crippen molar-refractivity contribution in [2.75, 3.05) is 19.0 Å².